The van der Waals surface area contributed by atoms with Gasteiger partial charge in [-0.15, -0.1) is 0 Å². The number of non-ortho nitro benzene ring substituents is 2. The van der Waals surface area contributed by atoms with Crippen LogP contribution in [0.5, 0.6) is 0 Å². The Kier molecular flexibility index (Phi) is 4.54. The second kappa shape index (κ2) is 7.31. The second-order valence-electron chi connectivity index (χ2n) is 6.13. The second-order valence-corrected chi connectivity index (χ2v) is 6.13. The lowest BCUT2D eigenvalue weighted by Crippen LogP contribution is -1.89. The molecule has 0 radical (unpaired) electrons. The summed E-state index contributed by atoms with van der Waals surface area (Å²) in [5.74, 6) is 0.521. The van der Waals surface area contributed by atoms with Gasteiger partial charge in [-0.05, 0) is 36.4 Å². The number of nitrogens with one attached hydrogen (secondary N) is 1. The van der Waals surface area contributed by atoms with Gasteiger partial charge in [-0.3, -0.25) is 25.2 Å². The lowest BCUT2D eigenvalue weighted by molar-refractivity contribution is -0.385. The minimum atomic E-state index is -0.467. The molecular formula is C20H13N5O4. The topological polar surface area (TPSA) is 128 Å². The molecule has 0 aliphatic heterocycles. The molecule has 142 valence electrons. The number of rotatable bonds is 5. The summed E-state index contributed by atoms with van der Waals surface area (Å²) in [5, 5.41) is 21.9. The summed E-state index contributed by atoms with van der Waals surface area (Å²) >= 11 is 0. The molecule has 0 fully saturated rings. The molecule has 4 aromatic rings. The zero-order valence-corrected chi connectivity index (χ0v) is 14.9. The lowest BCUT2D eigenvalue weighted by Gasteiger charge is -2.03. The molecule has 1 N–H and O–H groups in total. The van der Waals surface area contributed by atoms with Crippen molar-refractivity contribution in [3.63, 3.8) is 0 Å². The number of hydrogen-bond acceptors (Lipinski definition) is 6. The third kappa shape index (κ3) is 3.56. The zero-order valence-electron chi connectivity index (χ0n) is 14.9. The first kappa shape index (κ1) is 18.0. The number of nitrogens with zero attached hydrogens (tertiary/aromatic N) is 4. The molecule has 9 heteroatoms. The fourth-order valence-corrected chi connectivity index (χ4v) is 2.91. The summed E-state index contributed by atoms with van der Waals surface area (Å²) in [4.78, 5) is 33.1. The molecular weight excluding hydrogens is 374 g/mol. The Labute approximate surface area is 164 Å². The molecule has 0 aliphatic rings. The number of hydrogen-bond donors (Lipinski definition) is 1. The highest BCUT2D eigenvalue weighted by molar-refractivity contribution is 5.81. The fourth-order valence-electron chi connectivity index (χ4n) is 2.91. The molecule has 0 unspecified atom stereocenters. The fraction of sp³-hybridized carbons (Fsp3) is 0. The highest BCUT2D eigenvalue weighted by Crippen LogP contribution is 2.34. The molecule has 2 aromatic heterocycles. The number of pyridine rings is 1. The van der Waals surface area contributed by atoms with Crippen LogP contribution < -0.4 is 0 Å². The van der Waals surface area contributed by atoms with Crippen molar-refractivity contribution in [1.29, 1.82) is 0 Å². The number of nitro groups is 2. The van der Waals surface area contributed by atoms with E-state index >= 15 is 0 Å². The van der Waals surface area contributed by atoms with E-state index in [1.807, 2.05) is 6.07 Å². The minimum absolute atomic E-state index is 0.0184. The van der Waals surface area contributed by atoms with Crippen molar-refractivity contribution >= 4 is 11.4 Å². The molecule has 0 amide bonds. The minimum Gasteiger partial charge on any atom is -0.336 e. The van der Waals surface area contributed by atoms with Crippen LogP contribution in [0.25, 0.3) is 34.0 Å². The average Bonchev–Trinajstić information content (AvgIpc) is 3.20. The molecule has 0 spiro atoms. The molecule has 29 heavy (non-hydrogen) atoms. The standard InChI is InChI=1S/C20H13N5O4/c26-24(27)15-8-4-13(5-9-15)18-19(14-6-10-16(11-7-14)25(28)29)23-20(22-18)17-3-1-2-12-21-17/h1-12H,(H,22,23). The quantitative estimate of drug-likeness (QED) is 0.393. The van der Waals surface area contributed by atoms with Crippen molar-refractivity contribution in [1.82, 2.24) is 15.0 Å². The summed E-state index contributed by atoms with van der Waals surface area (Å²) in [6, 6.07) is 17.6. The largest absolute Gasteiger partial charge is 0.336 e. The third-order valence-corrected chi connectivity index (χ3v) is 4.33. The Bertz CT molecular complexity index is 1110. The smallest absolute Gasteiger partial charge is 0.269 e. The number of benzene rings is 2. The number of nitro benzene ring substituents is 2. The van der Waals surface area contributed by atoms with Crippen LogP contribution in [0.2, 0.25) is 0 Å². The van der Waals surface area contributed by atoms with E-state index in [1.54, 1.807) is 42.6 Å². The Morgan fingerprint density at radius 1 is 0.759 bits per heavy atom. The van der Waals surface area contributed by atoms with Gasteiger partial charge >= 0.3 is 0 Å². The van der Waals surface area contributed by atoms with E-state index in [1.165, 1.54) is 24.3 Å². The number of aromatic amines is 1. The normalized spacial score (nSPS) is 10.6. The predicted molar refractivity (Wildman–Crippen MR) is 106 cm³/mol. The van der Waals surface area contributed by atoms with Crippen LogP contribution >= 0.6 is 0 Å². The van der Waals surface area contributed by atoms with Crippen molar-refractivity contribution in [3.8, 4) is 34.0 Å². The molecule has 0 saturated carbocycles. The van der Waals surface area contributed by atoms with Crippen LogP contribution in [0.3, 0.4) is 0 Å². The van der Waals surface area contributed by atoms with Gasteiger partial charge < -0.3 is 4.98 Å². The molecule has 9 nitrogen and oxygen atoms in total. The third-order valence-electron chi connectivity index (χ3n) is 4.33. The van der Waals surface area contributed by atoms with Crippen LogP contribution in [-0.4, -0.2) is 24.8 Å². The highest BCUT2D eigenvalue weighted by Gasteiger charge is 2.17. The van der Waals surface area contributed by atoms with Gasteiger partial charge in [-0.1, -0.05) is 6.07 Å². The first-order valence-electron chi connectivity index (χ1n) is 8.54. The average molecular weight is 387 g/mol. The Balaban J connectivity index is 1.85. The maximum absolute atomic E-state index is 10.9. The van der Waals surface area contributed by atoms with E-state index in [9.17, 15) is 20.2 Å². The molecule has 0 saturated heterocycles. The van der Waals surface area contributed by atoms with Crippen LogP contribution in [0.4, 0.5) is 11.4 Å². The lowest BCUT2D eigenvalue weighted by atomic mass is 10.0. The van der Waals surface area contributed by atoms with Gasteiger partial charge in [0, 0.05) is 41.6 Å². The molecule has 0 atom stereocenters. The number of imidazole rings is 1. The van der Waals surface area contributed by atoms with Gasteiger partial charge in [0.1, 0.15) is 5.69 Å². The van der Waals surface area contributed by atoms with Crippen molar-refractivity contribution in [2.75, 3.05) is 0 Å². The highest BCUT2D eigenvalue weighted by atomic mass is 16.6. The van der Waals surface area contributed by atoms with Gasteiger partial charge in [-0.25, -0.2) is 4.98 Å². The van der Waals surface area contributed by atoms with Crippen molar-refractivity contribution in [2.24, 2.45) is 0 Å². The van der Waals surface area contributed by atoms with Crippen LogP contribution in [-0.2, 0) is 0 Å². The first-order valence-corrected chi connectivity index (χ1v) is 8.54. The van der Waals surface area contributed by atoms with Gasteiger partial charge in [0.05, 0.1) is 21.2 Å². The SMILES string of the molecule is O=[N+]([O-])c1ccc(-c2nc(-c3ccccn3)[nH]c2-c2ccc([N+](=O)[O-])cc2)cc1. The summed E-state index contributed by atoms with van der Waals surface area (Å²) < 4.78 is 0. The summed E-state index contributed by atoms with van der Waals surface area (Å²) in [7, 11) is 0. The zero-order chi connectivity index (χ0) is 20.4. The van der Waals surface area contributed by atoms with Gasteiger partial charge in [-0.2, -0.15) is 0 Å². The number of aromatic nitrogens is 3. The van der Waals surface area contributed by atoms with Crippen LogP contribution in [0, 0.1) is 20.2 Å². The van der Waals surface area contributed by atoms with Crippen molar-refractivity contribution in [2.45, 2.75) is 0 Å². The van der Waals surface area contributed by atoms with E-state index in [-0.39, 0.29) is 11.4 Å². The molecule has 0 aliphatic carbocycles. The van der Waals surface area contributed by atoms with E-state index in [0.29, 0.717) is 34.0 Å². The van der Waals surface area contributed by atoms with Gasteiger partial charge in [0.2, 0.25) is 0 Å². The van der Waals surface area contributed by atoms with Crippen LogP contribution in [0.1, 0.15) is 0 Å². The maximum Gasteiger partial charge on any atom is 0.269 e. The predicted octanol–water partition coefficient (Wildman–Crippen LogP) is 4.62. The molecule has 2 aromatic carbocycles. The van der Waals surface area contributed by atoms with E-state index < -0.39 is 9.85 Å². The summed E-state index contributed by atoms with van der Waals surface area (Å²) in [6.07, 6.45) is 1.65. The summed E-state index contributed by atoms with van der Waals surface area (Å²) in [6.45, 7) is 0. The molecule has 0 bridgehead atoms. The van der Waals surface area contributed by atoms with E-state index in [2.05, 4.69) is 15.0 Å². The maximum atomic E-state index is 10.9. The van der Waals surface area contributed by atoms with E-state index in [4.69, 9.17) is 0 Å². The molecule has 2 heterocycles. The first-order chi connectivity index (χ1) is 14.0. The Hall–Kier alpha value is -4.40. The van der Waals surface area contributed by atoms with Crippen molar-refractivity contribution < 1.29 is 9.85 Å². The van der Waals surface area contributed by atoms with Crippen LogP contribution in [0.15, 0.2) is 72.9 Å². The van der Waals surface area contributed by atoms with E-state index in [0.717, 1.165) is 0 Å². The van der Waals surface area contributed by atoms with Gasteiger partial charge in [0.15, 0.2) is 5.82 Å². The Morgan fingerprint density at radius 2 is 1.34 bits per heavy atom. The molecule has 4 rings (SSSR count). The summed E-state index contributed by atoms with van der Waals surface area (Å²) in [5.41, 5.74) is 3.15. The van der Waals surface area contributed by atoms with Gasteiger partial charge in [0.25, 0.3) is 11.4 Å². The number of H-pyrrole nitrogens is 1. The van der Waals surface area contributed by atoms with Crippen molar-refractivity contribution in [3.05, 3.63) is 93.2 Å². The monoisotopic (exact) mass is 387 g/mol. The Morgan fingerprint density at radius 3 is 1.86 bits per heavy atom.